The molecule has 1 amide bonds. The summed E-state index contributed by atoms with van der Waals surface area (Å²) in [4.78, 5) is 36.3. The Labute approximate surface area is 175 Å². The predicted molar refractivity (Wildman–Crippen MR) is 110 cm³/mol. The first-order valence-electron chi connectivity index (χ1n) is 9.00. The number of alkyl halides is 2. The summed E-state index contributed by atoms with van der Waals surface area (Å²) in [5, 5.41) is 2.45. The van der Waals surface area contributed by atoms with E-state index in [1.54, 1.807) is 51.1 Å². The summed E-state index contributed by atoms with van der Waals surface area (Å²) in [6.45, 7) is 4.46. The normalized spacial score (nSPS) is 13.2. The van der Waals surface area contributed by atoms with Crippen molar-refractivity contribution < 1.29 is 36.8 Å². The Balaban J connectivity index is 3.01. The zero-order valence-electron chi connectivity index (χ0n) is 17.6. The fourth-order valence-corrected chi connectivity index (χ4v) is 2.86. The largest absolute Gasteiger partial charge is 0.459 e. The SMILES string of the molecule is CC(C)(C)OC(=O)N[C@@H](CC(F)(F)C(=O)C=S(C)(C)=O)C(=O)OCc1ccccc1. The number of alkyl carbamates (subject to hydrolysis) is 1. The van der Waals surface area contributed by atoms with Crippen LogP contribution in [-0.2, 0) is 35.2 Å². The first kappa shape index (κ1) is 25.5. The predicted octanol–water partition coefficient (Wildman–Crippen LogP) is 2.56. The number of ketones is 1. The van der Waals surface area contributed by atoms with Crippen molar-refractivity contribution in [2.45, 2.75) is 51.4 Å². The number of benzene rings is 1. The van der Waals surface area contributed by atoms with Gasteiger partial charge in [0.25, 0.3) is 0 Å². The van der Waals surface area contributed by atoms with Crippen molar-refractivity contribution >= 4 is 32.7 Å². The highest BCUT2D eigenvalue weighted by Crippen LogP contribution is 2.23. The average molecular weight is 448 g/mol. The molecule has 0 unspecified atom stereocenters. The topological polar surface area (TPSA) is 98.8 Å². The van der Waals surface area contributed by atoms with Crippen molar-refractivity contribution in [1.82, 2.24) is 5.32 Å². The fourth-order valence-electron chi connectivity index (χ4n) is 2.17. The molecule has 0 aromatic heterocycles. The number of amides is 1. The van der Waals surface area contributed by atoms with Crippen LogP contribution in [0.15, 0.2) is 30.3 Å². The Kier molecular flexibility index (Phi) is 8.53. The van der Waals surface area contributed by atoms with Crippen molar-refractivity contribution in [3.8, 4) is 0 Å². The number of nitrogens with one attached hydrogen (secondary N) is 1. The molecular formula is C20H27F2NO6S. The minimum atomic E-state index is -4.06. The third-order valence-corrected chi connectivity index (χ3v) is 4.19. The molecule has 30 heavy (non-hydrogen) atoms. The molecule has 0 spiro atoms. The third-order valence-electron chi connectivity index (χ3n) is 3.41. The van der Waals surface area contributed by atoms with Gasteiger partial charge in [0.1, 0.15) is 18.2 Å². The van der Waals surface area contributed by atoms with E-state index in [9.17, 15) is 27.4 Å². The Morgan fingerprint density at radius 2 is 1.70 bits per heavy atom. The summed E-state index contributed by atoms with van der Waals surface area (Å²) in [5.74, 6) is -6.92. The van der Waals surface area contributed by atoms with Crippen molar-refractivity contribution in [1.29, 1.82) is 0 Å². The minimum absolute atomic E-state index is 0.213. The van der Waals surface area contributed by atoms with Gasteiger partial charge >= 0.3 is 18.0 Å². The molecule has 0 heterocycles. The highest BCUT2D eigenvalue weighted by molar-refractivity contribution is 8.01. The molecular weight excluding hydrogens is 420 g/mol. The van der Waals surface area contributed by atoms with Crippen LogP contribution in [0.3, 0.4) is 0 Å². The van der Waals surface area contributed by atoms with Crippen LogP contribution in [0.4, 0.5) is 13.6 Å². The molecule has 1 rings (SSSR count). The van der Waals surface area contributed by atoms with E-state index in [-0.39, 0.29) is 6.61 Å². The van der Waals surface area contributed by atoms with Crippen molar-refractivity contribution in [2.75, 3.05) is 12.5 Å². The number of carbonyl (C=O) groups excluding carboxylic acids is 3. The van der Waals surface area contributed by atoms with Gasteiger partial charge in [0.15, 0.2) is 0 Å². The third kappa shape index (κ3) is 9.82. The number of ether oxygens (including phenoxy) is 2. The van der Waals surface area contributed by atoms with Gasteiger partial charge in [-0.05, 0) is 35.9 Å². The molecule has 0 fully saturated rings. The van der Waals surface area contributed by atoms with Crippen molar-refractivity contribution in [3.05, 3.63) is 35.9 Å². The molecule has 0 saturated carbocycles. The van der Waals surface area contributed by atoms with Gasteiger partial charge in [-0.1, -0.05) is 30.3 Å². The van der Waals surface area contributed by atoms with Gasteiger partial charge in [-0.2, -0.15) is 8.78 Å². The number of esters is 1. The van der Waals surface area contributed by atoms with Crippen molar-refractivity contribution in [3.63, 3.8) is 0 Å². The lowest BCUT2D eigenvalue weighted by atomic mass is 10.1. The molecule has 168 valence electrons. The first-order valence-corrected chi connectivity index (χ1v) is 11.4. The van der Waals surface area contributed by atoms with E-state index in [0.717, 1.165) is 12.5 Å². The Bertz CT molecular complexity index is 878. The van der Waals surface area contributed by atoms with E-state index in [2.05, 4.69) is 0 Å². The second-order valence-corrected chi connectivity index (χ2v) is 10.8. The molecule has 0 saturated heterocycles. The van der Waals surface area contributed by atoms with Gasteiger partial charge in [0.05, 0.1) is 6.42 Å². The molecule has 7 nitrogen and oxygen atoms in total. The molecule has 0 aliphatic carbocycles. The summed E-state index contributed by atoms with van der Waals surface area (Å²) in [6.07, 6.45) is -0.229. The van der Waals surface area contributed by atoms with E-state index in [0.29, 0.717) is 10.9 Å². The van der Waals surface area contributed by atoms with Crippen LogP contribution in [0, 0.1) is 0 Å². The number of hydrogen-bond acceptors (Lipinski definition) is 6. The zero-order chi connectivity index (χ0) is 23.2. The summed E-state index contributed by atoms with van der Waals surface area (Å²) >= 11 is 0. The summed E-state index contributed by atoms with van der Waals surface area (Å²) < 4.78 is 50.5. The van der Waals surface area contributed by atoms with Crippen LogP contribution in [0.2, 0.25) is 0 Å². The van der Waals surface area contributed by atoms with Gasteiger partial charge in [-0.3, -0.25) is 9.00 Å². The van der Waals surface area contributed by atoms with Gasteiger partial charge in [0, 0.05) is 17.9 Å². The minimum Gasteiger partial charge on any atom is -0.459 e. The van der Waals surface area contributed by atoms with Gasteiger partial charge in [0.2, 0.25) is 5.78 Å². The highest BCUT2D eigenvalue weighted by Gasteiger charge is 2.43. The number of halogens is 2. The van der Waals surface area contributed by atoms with E-state index in [1.807, 2.05) is 5.32 Å². The Morgan fingerprint density at radius 1 is 1.13 bits per heavy atom. The van der Waals surface area contributed by atoms with E-state index in [1.165, 1.54) is 0 Å². The number of carbonyl (C=O) groups is 3. The van der Waals surface area contributed by atoms with Crippen LogP contribution < -0.4 is 5.32 Å². The van der Waals surface area contributed by atoms with Crippen molar-refractivity contribution in [2.24, 2.45) is 0 Å². The first-order chi connectivity index (χ1) is 13.6. The zero-order valence-corrected chi connectivity index (χ0v) is 18.4. The van der Waals surface area contributed by atoms with Crippen LogP contribution in [0.25, 0.3) is 0 Å². The molecule has 0 bridgehead atoms. The van der Waals surface area contributed by atoms with Gasteiger partial charge in [-0.25, -0.2) is 9.59 Å². The smallest absolute Gasteiger partial charge is 0.408 e. The molecule has 1 aromatic carbocycles. The quantitative estimate of drug-likeness (QED) is 0.486. The standard InChI is InChI=1S/C20H27F2NO6S/c1-19(2,3)29-18(26)23-15(11-20(21,22)16(24)13-30(4,5)27)17(25)28-12-14-9-7-6-8-10-14/h6-10,13,15H,11-12H2,1-5H3,(H,23,26)/t15-/m0/s1. The van der Waals surface area contributed by atoms with E-state index >= 15 is 0 Å². The van der Waals surface area contributed by atoms with Gasteiger partial charge < -0.3 is 14.8 Å². The van der Waals surface area contributed by atoms with Crippen LogP contribution in [-0.4, -0.2) is 57.5 Å². The summed E-state index contributed by atoms with van der Waals surface area (Å²) in [5.41, 5.74) is -0.334. The Hall–Kier alpha value is -2.49. The maximum Gasteiger partial charge on any atom is 0.408 e. The molecule has 0 aliphatic rings. The molecule has 1 atom stereocenters. The molecule has 1 N–H and O–H groups in total. The van der Waals surface area contributed by atoms with Crippen LogP contribution in [0.5, 0.6) is 0 Å². The number of rotatable bonds is 8. The van der Waals surface area contributed by atoms with Crippen LogP contribution >= 0.6 is 0 Å². The molecule has 0 radical (unpaired) electrons. The second kappa shape index (κ2) is 10.0. The Morgan fingerprint density at radius 3 is 2.20 bits per heavy atom. The molecule has 1 aromatic rings. The summed E-state index contributed by atoms with van der Waals surface area (Å²) in [6, 6.07) is 6.62. The molecule has 0 aliphatic heterocycles. The second-order valence-electron chi connectivity index (χ2n) is 7.99. The maximum atomic E-state index is 14.4. The number of hydrogen-bond donors (Lipinski definition) is 1. The van der Waals surface area contributed by atoms with Crippen LogP contribution in [0.1, 0.15) is 32.8 Å². The summed E-state index contributed by atoms with van der Waals surface area (Å²) in [7, 11) is -2.89. The lowest BCUT2D eigenvalue weighted by Crippen LogP contribution is -2.49. The lowest BCUT2D eigenvalue weighted by molar-refractivity contribution is -0.152. The highest BCUT2D eigenvalue weighted by atomic mass is 32.2. The molecule has 10 heteroatoms. The average Bonchev–Trinajstić information content (AvgIpc) is 2.56. The maximum absolute atomic E-state index is 14.4. The fraction of sp³-hybridized carbons (Fsp3) is 0.500. The van der Waals surface area contributed by atoms with Gasteiger partial charge in [-0.15, -0.1) is 0 Å². The number of Topliss-reactive ketones (excluding diaryl/α,β-unsaturated/α-hetero) is 1. The van der Waals surface area contributed by atoms with E-state index in [4.69, 9.17) is 9.47 Å². The van der Waals surface area contributed by atoms with E-state index < -0.39 is 51.4 Å². The monoisotopic (exact) mass is 447 g/mol. The lowest BCUT2D eigenvalue weighted by Gasteiger charge is -2.24.